The fourth-order valence-corrected chi connectivity index (χ4v) is 1.07. The first-order valence-electron chi connectivity index (χ1n) is 4.01. The number of carboxylic acid groups (broad SMARTS) is 1. The van der Waals surface area contributed by atoms with E-state index in [2.05, 4.69) is 9.72 Å². The summed E-state index contributed by atoms with van der Waals surface area (Å²) in [6, 6.07) is 2.28. The van der Waals surface area contributed by atoms with Gasteiger partial charge in [-0.05, 0) is 6.07 Å². The van der Waals surface area contributed by atoms with Crippen molar-refractivity contribution in [2.45, 2.75) is 6.43 Å². The van der Waals surface area contributed by atoms with Gasteiger partial charge in [-0.3, -0.25) is 0 Å². The zero-order valence-electron chi connectivity index (χ0n) is 8.07. The van der Waals surface area contributed by atoms with Gasteiger partial charge in [0.15, 0.2) is 0 Å². The number of hydrogen-bond donors (Lipinski definition) is 1. The van der Waals surface area contributed by atoms with E-state index in [1.807, 2.05) is 0 Å². The predicted octanol–water partition coefficient (Wildman–Crippen LogP) is 1.60. The smallest absolute Gasteiger partial charge is 0.341 e. The molecule has 0 amide bonds. The molecule has 0 saturated carbocycles. The number of aromatic carboxylic acids is 1. The summed E-state index contributed by atoms with van der Waals surface area (Å²) in [4.78, 5) is 14.0. The van der Waals surface area contributed by atoms with Crippen molar-refractivity contribution in [3.63, 3.8) is 0 Å². The maximum Gasteiger partial charge on any atom is 0.341 e. The molecule has 1 N–H and O–H groups in total. The van der Waals surface area contributed by atoms with Crippen LogP contribution in [-0.4, -0.2) is 23.2 Å². The highest BCUT2D eigenvalue weighted by molar-refractivity contribution is 5.90. The van der Waals surface area contributed by atoms with Crippen LogP contribution in [0.1, 0.15) is 28.0 Å². The van der Waals surface area contributed by atoms with Gasteiger partial charge in [0.1, 0.15) is 17.3 Å². The summed E-state index contributed by atoms with van der Waals surface area (Å²) in [7, 11) is 1.11. The van der Waals surface area contributed by atoms with Crippen LogP contribution in [0.15, 0.2) is 6.07 Å². The summed E-state index contributed by atoms with van der Waals surface area (Å²) in [6.45, 7) is 0. The molecule has 5 nitrogen and oxygen atoms in total. The molecule has 0 aliphatic carbocycles. The Balaban J connectivity index is 3.48. The quantitative estimate of drug-likeness (QED) is 0.849. The first-order valence-corrected chi connectivity index (χ1v) is 4.01. The summed E-state index contributed by atoms with van der Waals surface area (Å²) in [5, 5.41) is 17.3. The monoisotopic (exact) mass is 228 g/mol. The van der Waals surface area contributed by atoms with Gasteiger partial charge in [-0.2, -0.15) is 5.26 Å². The number of hydrogen-bond acceptors (Lipinski definition) is 4. The molecule has 7 heteroatoms. The van der Waals surface area contributed by atoms with Crippen LogP contribution in [0.3, 0.4) is 0 Å². The van der Waals surface area contributed by atoms with Crippen molar-refractivity contribution < 1.29 is 23.4 Å². The van der Waals surface area contributed by atoms with E-state index in [1.165, 1.54) is 6.07 Å². The molecule has 0 radical (unpaired) electrons. The second-order valence-electron chi connectivity index (χ2n) is 2.70. The molecule has 0 bridgehead atoms. The SMILES string of the molecule is COc1nc(C(F)F)c(C#N)cc1C(=O)O. The highest BCUT2D eigenvalue weighted by Gasteiger charge is 2.22. The molecule has 0 unspecified atom stereocenters. The minimum absolute atomic E-state index is 0.427. The molecule has 1 rings (SSSR count). The molecule has 0 spiro atoms. The van der Waals surface area contributed by atoms with E-state index in [4.69, 9.17) is 10.4 Å². The molecule has 0 saturated heterocycles. The lowest BCUT2D eigenvalue weighted by Gasteiger charge is -2.07. The largest absolute Gasteiger partial charge is 0.480 e. The number of ether oxygens (including phenoxy) is 1. The lowest BCUT2D eigenvalue weighted by Crippen LogP contribution is -2.07. The van der Waals surface area contributed by atoms with Crippen molar-refractivity contribution in [3.05, 3.63) is 22.9 Å². The van der Waals surface area contributed by atoms with Gasteiger partial charge in [-0.25, -0.2) is 18.6 Å². The van der Waals surface area contributed by atoms with Crippen LogP contribution in [0.5, 0.6) is 5.88 Å². The predicted molar refractivity (Wildman–Crippen MR) is 47.4 cm³/mol. The Kier molecular flexibility index (Phi) is 3.35. The second-order valence-corrected chi connectivity index (χ2v) is 2.70. The number of methoxy groups -OCH3 is 1. The molecular formula is C9H6F2N2O3. The summed E-state index contributed by atoms with van der Waals surface area (Å²) in [5.41, 5.74) is -1.69. The molecule has 0 fully saturated rings. The van der Waals surface area contributed by atoms with Gasteiger partial charge in [0.2, 0.25) is 5.88 Å². The van der Waals surface area contributed by atoms with E-state index in [-0.39, 0.29) is 0 Å². The van der Waals surface area contributed by atoms with Crippen LogP contribution in [0.4, 0.5) is 8.78 Å². The molecule has 0 aliphatic rings. The Morgan fingerprint density at radius 1 is 1.69 bits per heavy atom. The maximum absolute atomic E-state index is 12.4. The van der Waals surface area contributed by atoms with Gasteiger partial charge in [-0.15, -0.1) is 0 Å². The van der Waals surface area contributed by atoms with Crippen molar-refractivity contribution in [3.8, 4) is 11.9 Å². The van der Waals surface area contributed by atoms with Crippen molar-refractivity contribution in [2.75, 3.05) is 7.11 Å². The van der Waals surface area contributed by atoms with E-state index < -0.39 is 35.1 Å². The third-order valence-electron chi connectivity index (χ3n) is 1.77. The van der Waals surface area contributed by atoms with Gasteiger partial charge in [0.25, 0.3) is 6.43 Å². The lowest BCUT2D eigenvalue weighted by molar-refractivity contribution is 0.0691. The molecule has 1 heterocycles. The third-order valence-corrected chi connectivity index (χ3v) is 1.77. The molecule has 0 aromatic carbocycles. The number of aromatic nitrogens is 1. The van der Waals surface area contributed by atoms with Gasteiger partial charge >= 0.3 is 5.97 Å². The number of carboxylic acids is 1. The standard InChI is InChI=1S/C9H6F2N2O3/c1-16-8-5(9(14)15)2-4(3-12)6(13-8)7(10)11/h2,7H,1H3,(H,14,15). The highest BCUT2D eigenvalue weighted by Crippen LogP contribution is 2.26. The third kappa shape index (κ3) is 2.06. The maximum atomic E-state index is 12.4. The molecule has 1 aromatic rings. The van der Waals surface area contributed by atoms with Gasteiger partial charge in [0.05, 0.1) is 12.7 Å². The van der Waals surface area contributed by atoms with E-state index in [0.29, 0.717) is 0 Å². The van der Waals surface area contributed by atoms with Crippen LogP contribution in [0, 0.1) is 11.3 Å². The van der Waals surface area contributed by atoms with Gasteiger partial charge in [0, 0.05) is 0 Å². The van der Waals surface area contributed by atoms with Crippen molar-refractivity contribution in [2.24, 2.45) is 0 Å². The topological polar surface area (TPSA) is 83.2 Å². The fraction of sp³-hybridized carbons (Fsp3) is 0.222. The number of carbonyl (C=O) groups is 1. The minimum Gasteiger partial charge on any atom is -0.480 e. The number of pyridine rings is 1. The van der Waals surface area contributed by atoms with Crippen LogP contribution < -0.4 is 4.74 Å². The average Bonchev–Trinajstić information content (AvgIpc) is 2.26. The van der Waals surface area contributed by atoms with Gasteiger partial charge in [-0.1, -0.05) is 0 Å². The molecule has 1 aromatic heterocycles. The Morgan fingerprint density at radius 3 is 2.69 bits per heavy atom. The van der Waals surface area contributed by atoms with Crippen molar-refractivity contribution >= 4 is 5.97 Å². The molecule has 16 heavy (non-hydrogen) atoms. The van der Waals surface area contributed by atoms with E-state index >= 15 is 0 Å². The molecule has 0 aliphatic heterocycles. The molecular weight excluding hydrogens is 222 g/mol. The van der Waals surface area contributed by atoms with Crippen LogP contribution in [0.2, 0.25) is 0 Å². The highest BCUT2D eigenvalue weighted by atomic mass is 19.3. The summed E-state index contributed by atoms with van der Waals surface area (Å²) < 4.78 is 29.5. The van der Waals surface area contributed by atoms with E-state index in [9.17, 15) is 13.6 Å². The molecule has 84 valence electrons. The Morgan fingerprint density at radius 2 is 2.31 bits per heavy atom. The van der Waals surface area contributed by atoms with Crippen molar-refractivity contribution in [1.29, 1.82) is 5.26 Å². The Hall–Kier alpha value is -2.23. The number of nitrogens with zero attached hydrogens (tertiary/aromatic N) is 2. The minimum atomic E-state index is -2.97. The normalized spacial score (nSPS) is 9.94. The summed E-state index contributed by atoms with van der Waals surface area (Å²) in [6.07, 6.45) is -2.97. The van der Waals surface area contributed by atoms with Crippen LogP contribution >= 0.6 is 0 Å². The summed E-state index contributed by atoms with van der Waals surface area (Å²) >= 11 is 0. The fourth-order valence-electron chi connectivity index (χ4n) is 1.07. The zero-order valence-corrected chi connectivity index (χ0v) is 8.07. The average molecular weight is 228 g/mol. The van der Waals surface area contributed by atoms with E-state index in [1.54, 1.807) is 0 Å². The van der Waals surface area contributed by atoms with Crippen LogP contribution in [0.25, 0.3) is 0 Å². The second kappa shape index (κ2) is 4.53. The first-order chi connectivity index (χ1) is 7.51. The number of halogens is 2. The number of rotatable bonds is 3. The Bertz CT molecular complexity index is 469. The zero-order chi connectivity index (χ0) is 12.3. The first kappa shape index (κ1) is 11.8. The number of nitriles is 1. The Labute approximate surface area is 88.9 Å². The van der Waals surface area contributed by atoms with E-state index in [0.717, 1.165) is 13.2 Å². The van der Waals surface area contributed by atoms with Crippen LogP contribution in [-0.2, 0) is 0 Å². The lowest BCUT2D eigenvalue weighted by atomic mass is 10.1. The van der Waals surface area contributed by atoms with Gasteiger partial charge < -0.3 is 9.84 Å². The summed E-state index contributed by atoms with van der Waals surface area (Å²) in [5.74, 6) is -1.84. The molecule has 0 atom stereocenters. The van der Waals surface area contributed by atoms with Crippen molar-refractivity contribution in [1.82, 2.24) is 4.98 Å². The number of alkyl halides is 2.